The SMILES string of the molecule is CS(=O)(=O)CCC(N)C(=O)N1CCCC(c2ccn[nH]2)C1. The zero-order chi connectivity index (χ0) is 15.5. The second-order valence-corrected chi connectivity index (χ2v) is 7.92. The molecule has 2 atom stereocenters. The number of aromatic nitrogens is 2. The van der Waals surface area contributed by atoms with E-state index in [0.717, 1.165) is 24.8 Å². The number of carbonyl (C=O) groups excluding carboxylic acids is 1. The Labute approximate surface area is 124 Å². The third kappa shape index (κ3) is 4.53. The van der Waals surface area contributed by atoms with Crippen molar-refractivity contribution in [2.45, 2.75) is 31.2 Å². The number of rotatable bonds is 5. The van der Waals surface area contributed by atoms with E-state index in [1.54, 1.807) is 11.1 Å². The van der Waals surface area contributed by atoms with Crippen LogP contribution in [-0.2, 0) is 14.6 Å². The Morgan fingerprint density at radius 3 is 3.00 bits per heavy atom. The number of H-pyrrole nitrogens is 1. The van der Waals surface area contributed by atoms with Crippen LogP contribution in [0.4, 0.5) is 0 Å². The van der Waals surface area contributed by atoms with E-state index in [9.17, 15) is 13.2 Å². The number of nitrogens with one attached hydrogen (secondary N) is 1. The molecule has 118 valence electrons. The molecule has 1 amide bonds. The van der Waals surface area contributed by atoms with E-state index in [1.165, 1.54) is 0 Å². The number of hydrogen-bond donors (Lipinski definition) is 2. The minimum absolute atomic E-state index is 0.0578. The van der Waals surface area contributed by atoms with Gasteiger partial charge in [-0.1, -0.05) is 0 Å². The van der Waals surface area contributed by atoms with E-state index in [2.05, 4.69) is 10.2 Å². The number of hydrogen-bond acceptors (Lipinski definition) is 5. The number of amides is 1. The molecule has 1 saturated heterocycles. The topological polar surface area (TPSA) is 109 Å². The molecule has 2 heterocycles. The molecule has 0 saturated carbocycles. The first-order valence-electron chi connectivity index (χ1n) is 7.08. The average molecular weight is 314 g/mol. The number of nitrogens with zero attached hydrogens (tertiary/aromatic N) is 2. The Morgan fingerprint density at radius 2 is 2.38 bits per heavy atom. The van der Waals surface area contributed by atoms with Crippen molar-refractivity contribution in [2.75, 3.05) is 25.1 Å². The van der Waals surface area contributed by atoms with Crippen LogP contribution in [0.1, 0.15) is 30.9 Å². The first kappa shape index (κ1) is 16.0. The van der Waals surface area contributed by atoms with Crippen LogP contribution < -0.4 is 5.73 Å². The normalized spacial score (nSPS) is 21.2. The second-order valence-electron chi connectivity index (χ2n) is 5.66. The number of sulfone groups is 1. The lowest BCUT2D eigenvalue weighted by Gasteiger charge is -2.33. The van der Waals surface area contributed by atoms with Crippen LogP contribution in [0.25, 0.3) is 0 Å². The number of nitrogens with two attached hydrogens (primary N) is 1. The number of likely N-dealkylation sites (tertiary alicyclic amines) is 1. The Bertz CT molecular complexity index is 570. The van der Waals surface area contributed by atoms with Crippen LogP contribution in [0.2, 0.25) is 0 Å². The van der Waals surface area contributed by atoms with E-state index >= 15 is 0 Å². The Hall–Kier alpha value is -1.41. The zero-order valence-corrected chi connectivity index (χ0v) is 13.0. The summed E-state index contributed by atoms with van der Waals surface area (Å²) in [5.41, 5.74) is 6.87. The molecule has 2 unspecified atom stereocenters. The van der Waals surface area contributed by atoms with Gasteiger partial charge in [0.2, 0.25) is 5.91 Å². The summed E-state index contributed by atoms with van der Waals surface area (Å²) in [6, 6.07) is 1.17. The highest BCUT2D eigenvalue weighted by Crippen LogP contribution is 2.25. The molecule has 1 aliphatic heterocycles. The van der Waals surface area contributed by atoms with Gasteiger partial charge < -0.3 is 10.6 Å². The largest absolute Gasteiger partial charge is 0.341 e. The third-order valence-corrected chi connectivity index (χ3v) is 4.79. The molecule has 3 N–H and O–H groups in total. The lowest BCUT2D eigenvalue weighted by atomic mass is 9.94. The number of aromatic amines is 1. The number of carbonyl (C=O) groups is 1. The van der Waals surface area contributed by atoms with Gasteiger partial charge in [0.25, 0.3) is 0 Å². The van der Waals surface area contributed by atoms with E-state index in [-0.39, 0.29) is 24.0 Å². The quantitative estimate of drug-likeness (QED) is 0.787. The minimum Gasteiger partial charge on any atom is -0.341 e. The van der Waals surface area contributed by atoms with Crippen molar-refractivity contribution in [1.29, 1.82) is 0 Å². The van der Waals surface area contributed by atoms with Crippen molar-refractivity contribution in [3.63, 3.8) is 0 Å². The van der Waals surface area contributed by atoms with Gasteiger partial charge in [0.1, 0.15) is 9.84 Å². The Morgan fingerprint density at radius 1 is 1.62 bits per heavy atom. The van der Waals surface area contributed by atoms with Gasteiger partial charge in [0.05, 0.1) is 11.8 Å². The van der Waals surface area contributed by atoms with E-state index < -0.39 is 15.9 Å². The number of piperidine rings is 1. The highest BCUT2D eigenvalue weighted by atomic mass is 32.2. The van der Waals surface area contributed by atoms with Gasteiger partial charge in [-0.3, -0.25) is 9.89 Å². The highest BCUT2D eigenvalue weighted by molar-refractivity contribution is 7.90. The fourth-order valence-electron chi connectivity index (χ4n) is 2.62. The Balaban J connectivity index is 1.92. The first-order chi connectivity index (χ1) is 9.87. The predicted octanol–water partition coefficient (Wildman–Crippen LogP) is -0.122. The standard InChI is InChI=1S/C13H22N4O3S/c1-21(19,20)8-5-11(14)13(18)17-7-2-3-10(9-17)12-4-6-15-16-12/h4,6,10-11H,2-3,5,7-9,14H2,1H3,(H,15,16). The van der Waals surface area contributed by atoms with Crippen molar-refractivity contribution in [2.24, 2.45) is 5.73 Å². The molecule has 1 fully saturated rings. The fraction of sp³-hybridized carbons (Fsp3) is 0.692. The van der Waals surface area contributed by atoms with Crippen molar-refractivity contribution in [3.05, 3.63) is 18.0 Å². The van der Waals surface area contributed by atoms with Crippen LogP contribution in [0, 0.1) is 0 Å². The molecule has 0 radical (unpaired) electrons. The molecule has 0 spiro atoms. The summed E-state index contributed by atoms with van der Waals surface area (Å²) in [5.74, 6) is 0.0211. The monoisotopic (exact) mass is 314 g/mol. The van der Waals surface area contributed by atoms with E-state index in [1.807, 2.05) is 6.07 Å². The molecule has 0 aliphatic carbocycles. The molecule has 7 nitrogen and oxygen atoms in total. The molecular weight excluding hydrogens is 292 g/mol. The molecule has 1 aromatic rings. The minimum atomic E-state index is -3.09. The van der Waals surface area contributed by atoms with Crippen molar-refractivity contribution in [1.82, 2.24) is 15.1 Å². The summed E-state index contributed by atoms with van der Waals surface area (Å²) in [6.07, 6.45) is 4.94. The van der Waals surface area contributed by atoms with Gasteiger partial charge >= 0.3 is 0 Å². The smallest absolute Gasteiger partial charge is 0.239 e. The van der Waals surface area contributed by atoms with Crippen LogP contribution in [0.5, 0.6) is 0 Å². The van der Waals surface area contributed by atoms with Gasteiger partial charge in [-0.2, -0.15) is 5.10 Å². The molecule has 1 aromatic heterocycles. The fourth-order valence-corrected chi connectivity index (χ4v) is 3.31. The lowest BCUT2D eigenvalue weighted by Crippen LogP contribution is -2.48. The van der Waals surface area contributed by atoms with E-state index in [0.29, 0.717) is 13.1 Å². The van der Waals surface area contributed by atoms with Gasteiger partial charge in [0.15, 0.2) is 0 Å². The summed E-state index contributed by atoms with van der Waals surface area (Å²) in [4.78, 5) is 14.0. The molecule has 0 aromatic carbocycles. The molecule has 21 heavy (non-hydrogen) atoms. The molecule has 1 aliphatic rings. The highest BCUT2D eigenvalue weighted by Gasteiger charge is 2.28. The molecule has 8 heteroatoms. The predicted molar refractivity (Wildman–Crippen MR) is 79.4 cm³/mol. The maximum absolute atomic E-state index is 12.3. The zero-order valence-electron chi connectivity index (χ0n) is 12.2. The average Bonchev–Trinajstić information content (AvgIpc) is 2.97. The summed E-state index contributed by atoms with van der Waals surface area (Å²) in [6.45, 7) is 1.28. The summed E-state index contributed by atoms with van der Waals surface area (Å²) < 4.78 is 22.3. The van der Waals surface area contributed by atoms with Crippen LogP contribution in [-0.4, -0.2) is 60.6 Å². The van der Waals surface area contributed by atoms with Crippen LogP contribution >= 0.6 is 0 Å². The first-order valence-corrected chi connectivity index (χ1v) is 9.14. The summed E-state index contributed by atoms with van der Waals surface area (Å²) in [7, 11) is -3.09. The molecular formula is C13H22N4O3S. The van der Waals surface area contributed by atoms with Crippen molar-refractivity contribution in [3.8, 4) is 0 Å². The maximum atomic E-state index is 12.3. The maximum Gasteiger partial charge on any atom is 0.239 e. The summed E-state index contributed by atoms with van der Waals surface area (Å²) in [5, 5.41) is 6.88. The molecule has 0 bridgehead atoms. The lowest BCUT2D eigenvalue weighted by molar-refractivity contribution is -0.133. The van der Waals surface area contributed by atoms with Gasteiger partial charge in [-0.05, 0) is 25.3 Å². The second kappa shape index (κ2) is 6.57. The van der Waals surface area contributed by atoms with Gasteiger partial charge in [-0.15, -0.1) is 0 Å². The van der Waals surface area contributed by atoms with Gasteiger partial charge in [-0.25, -0.2) is 8.42 Å². The van der Waals surface area contributed by atoms with Gasteiger partial charge in [0, 0.05) is 37.2 Å². The van der Waals surface area contributed by atoms with Crippen molar-refractivity contribution < 1.29 is 13.2 Å². The third-order valence-electron chi connectivity index (χ3n) is 3.81. The van der Waals surface area contributed by atoms with E-state index in [4.69, 9.17) is 5.73 Å². The van der Waals surface area contributed by atoms with Crippen LogP contribution in [0.3, 0.4) is 0 Å². The molecule has 2 rings (SSSR count). The Kier molecular flexibility index (Phi) is 5.00. The van der Waals surface area contributed by atoms with Crippen molar-refractivity contribution >= 4 is 15.7 Å². The summed E-state index contributed by atoms with van der Waals surface area (Å²) >= 11 is 0. The van der Waals surface area contributed by atoms with Crippen LogP contribution in [0.15, 0.2) is 12.3 Å².